The third kappa shape index (κ3) is 5.86. The van der Waals surface area contributed by atoms with Gasteiger partial charge in [0.25, 0.3) is 11.8 Å². The average Bonchev–Trinajstić information content (AvgIpc) is 3.42. The Morgan fingerprint density at radius 3 is 2.63 bits per heavy atom. The third-order valence-electron chi connectivity index (χ3n) is 8.12. The van der Waals surface area contributed by atoms with Crippen LogP contribution in [0.5, 0.6) is 5.75 Å². The molecule has 7 nitrogen and oxygen atoms in total. The molecule has 2 amide bonds. The van der Waals surface area contributed by atoms with E-state index >= 15 is 0 Å². The number of furan rings is 1. The highest BCUT2D eigenvalue weighted by atomic mass is 16.5. The van der Waals surface area contributed by atoms with Crippen molar-refractivity contribution >= 4 is 22.8 Å². The van der Waals surface area contributed by atoms with Gasteiger partial charge in [-0.15, -0.1) is 0 Å². The van der Waals surface area contributed by atoms with Gasteiger partial charge >= 0.3 is 0 Å². The summed E-state index contributed by atoms with van der Waals surface area (Å²) in [6, 6.07) is 25.8. The lowest BCUT2D eigenvalue weighted by molar-refractivity contribution is -0.171. The second-order valence-electron chi connectivity index (χ2n) is 11.1. The van der Waals surface area contributed by atoms with Crippen molar-refractivity contribution in [1.82, 2.24) is 9.80 Å². The molecule has 0 saturated carbocycles. The number of ether oxygens (including phenoxy) is 2. The summed E-state index contributed by atoms with van der Waals surface area (Å²) in [5, 5.41) is 0.896. The maximum absolute atomic E-state index is 14.5. The molecule has 0 N–H and O–H groups in total. The van der Waals surface area contributed by atoms with E-state index in [1.165, 1.54) is 5.56 Å². The van der Waals surface area contributed by atoms with Crippen LogP contribution in [0.3, 0.4) is 0 Å². The standard InChI is InChI=1S/C34H36N2O5/c1-25-14-15-30-28(21-25)22-31(41-30)32(37)36-18-20-40-34(24-36)16-8-7-12-27-11-5-6-13-29(27)39-19-17-35(33(34)38)23-26-9-3-2-4-10-26/h2-6,9-11,13-15,21-22H,7-8,12,16-20,23-24H2,1H3. The molecule has 3 heterocycles. The van der Waals surface area contributed by atoms with E-state index in [0.29, 0.717) is 38.2 Å². The fourth-order valence-corrected chi connectivity index (χ4v) is 5.96. The van der Waals surface area contributed by atoms with Gasteiger partial charge in [-0.3, -0.25) is 9.59 Å². The predicted octanol–water partition coefficient (Wildman–Crippen LogP) is 5.79. The van der Waals surface area contributed by atoms with Crippen LogP contribution in [-0.2, 0) is 22.5 Å². The molecule has 6 rings (SSSR count). The van der Waals surface area contributed by atoms with Gasteiger partial charge in [-0.2, -0.15) is 0 Å². The van der Waals surface area contributed by atoms with Gasteiger partial charge in [-0.25, -0.2) is 0 Å². The Kier molecular flexibility index (Phi) is 7.79. The monoisotopic (exact) mass is 552 g/mol. The Hall–Kier alpha value is -4.10. The van der Waals surface area contributed by atoms with Crippen LogP contribution in [0.2, 0.25) is 0 Å². The van der Waals surface area contributed by atoms with Crippen LogP contribution in [0.1, 0.15) is 46.5 Å². The van der Waals surface area contributed by atoms with Crippen molar-refractivity contribution in [3.63, 3.8) is 0 Å². The molecule has 0 radical (unpaired) electrons. The summed E-state index contributed by atoms with van der Waals surface area (Å²) in [4.78, 5) is 31.7. The number of fused-ring (bicyclic) bond motifs is 2. The molecule has 1 saturated heterocycles. The number of aryl methyl sites for hydroxylation is 2. The first-order valence-corrected chi connectivity index (χ1v) is 14.5. The second kappa shape index (κ2) is 11.8. The highest BCUT2D eigenvalue weighted by molar-refractivity contribution is 5.97. The zero-order valence-electron chi connectivity index (χ0n) is 23.5. The van der Waals surface area contributed by atoms with Crippen molar-refractivity contribution in [2.75, 3.05) is 32.8 Å². The number of hydrogen-bond donors (Lipinski definition) is 0. The number of benzene rings is 3. The Morgan fingerprint density at radius 2 is 1.76 bits per heavy atom. The Morgan fingerprint density at radius 1 is 0.927 bits per heavy atom. The van der Waals surface area contributed by atoms with Gasteiger partial charge in [-0.05, 0) is 68.0 Å². The van der Waals surface area contributed by atoms with Crippen molar-refractivity contribution in [3.05, 3.63) is 101 Å². The minimum Gasteiger partial charge on any atom is -0.491 e. The maximum atomic E-state index is 14.5. The quantitative estimate of drug-likeness (QED) is 0.322. The summed E-state index contributed by atoms with van der Waals surface area (Å²) in [6.07, 6.45) is 3.05. The minimum absolute atomic E-state index is 0.100. The van der Waals surface area contributed by atoms with Crippen LogP contribution in [0.15, 0.2) is 83.3 Å². The number of para-hydroxylation sites is 1. The van der Waals surface area contributed by atoms with Gasteiger partial charge in [0, 0.05) is 18.5 Å². The first kappa shape index (κ1) is 27.1. The first-order chi connectivity index (χ1) is 20.0. The summed E-state index contributed by atoms with van der Waals surface area (Å²) in [6.45, 7) is 4.10. The van der Waals surface area contributed by atoms with E-state index in [9.17, 15) is 9.59 Å². The molecule has 2 aliphatic rings. The number of hydrogen-bond acceptors (Lipinski definition) is 5. The van der Waals surface area contributed by atoms with Crippen molar-refractivity contribution in [3.8, 4) is 5.75 Å². The Labute approximate surface area is 240 Å². The molecule has 1 atom stereocenters. The molecule has 1 unspecified atom stereocenters. The van der Waals surface area contributed by atoms with Gasteiger partial charge in [0.15, 0.2) is 11.4 Å². The molecule has 0 bridgehead atoms. The third-order valence-corrected chi connectivity index (χ3v) is 8.12. The van der Waals surface area contributed by atoms with Crippen LogP contribution in [0.4, 0.5) is 0 Å². The van der Waals surface area contributed by atoms with Crippen LogP contribution < -0.4 is 4.74 Å². The molecule has 0 aliphatic carbocycles. The zero-order valence-corrected chi connectivity index (χ0v) is 23.5. The van der Waals surface area contributed by atoms with Crippen molar-refractivity contribution < 1.29 is 23.5 Å². The fraction of sp³-hybridized carbons (Fsp3) is 0.353. The summed E-state index contributed by atoms with van der Waals surface area (Å²) in [7, 11) is 0. The number of morpholine rings is 1. The average molecular weight is 553 g/mol. The molecule has 1 aromatic heterocycles. The van der Waals surface area contributed by atoms with Crippen molar-refractivity contribution in [2.24, 2.45) is 0 Å². The van der Waals surface area contributed by atoms with E-state index in [-0.39, 0.29) is 30.7 Å². The smallest absolute Gasteiger partial charge is 0.289 e. The minimum atomic E-state index is -1.13. The number of nitrogens with zero attached hydrogens (tertiary/aromatic N) is 2. The largest absolute Gasteiger partial charge is 0.491 e. The Bertz CT molecular complexity index is 1530. The van der Waals surface area contributed by atoms with Gasteiger partial charge in [0.1, 0.15) is 17.9 Å². The van der Waals surface area contributed by atoms with Gasteiger partial charge < -0.3 is 23.7 Å². The lowest BCUT2D eigenvalue weighted by Crippen LogP contribution is -2.61. The Balaban J connectivity index is 1.29. The maximum Gasteiger partial charge on any atom is 0.289 e. The predicted molar refractivity (Wildman–Crippen MR) is 157 cm³/mol. The first-order valence-electron chi connectivity index (χ1n) is 14.5. The van der Waals surface area contributed by atoms with E-state index < -0.39 is 5.60 Å². The van der Waals surface area contributed by atoms with Gasteiger partial charge in [-0.1, -0.05) is 60.2 Å². The van der Waals surface area contributed by atoms with Crippen molar-refractivity contribution in [1.29, 1.82) is 0 Å². The number of rotatable bonds is 3. The van der Waals surface area contributed by atoms with Gasteiger partial charge in [0.05, 0.1) is 19.7 Å². The van der Waals surface area contributed by atoms with Gasteiger partial charge in [0.2, 0.25) is 0 Å². The summed E-state index contributed by atoms with van der Waals surface area (Å²) < 4.78 is 18.5. The summed E-state index contributed by atoms with van der Waals surface area (Å²) in [5.41, 5.74) is 2.85. The molecular formula is C34H36N2O5. The topological polar surface area (TPSA) is 72.2 Å². The van der Waals surface area contributed by atoms with Crippen LogP contribution in [0.25, 0.3) is 11.0 Å². The number of amides is 2. The van der Waals surface area contributed by atoms with Crippen LogP contribution in [-0.4, -0.2) is 60.1 Å². The normalized spacial score (nSPS) is 20.3. The molecule has 212 valence electrons. The summed E-state index contributed by atoms with van der Waals surface area (Å²) >= 11 is 0. The molecule has 41 heavy (non-hydrogen) atoms. The van der Waals surface area contributed by atoms with E-state index in [0.717, 1.165) is 41.5 Å². The molecule has 7 heteroatoms. The van der Waals surface area contributed by atoms with E-state index in [1.54, 1.807) is 11.0 Å². The molecule has 1 fully saturated rings. The second-order valence-corrected chi connectivity index (χ2v) is 11.1. The molecular weight excluding hydrogens is 516 g/mol. The highest BCUT2D eigenvalue weighted by Gasteiger charge is 2.47. The zero-order chi connectivity index (χ0) is 28.2. The van der Waals surface area contributed by atoms with E-state index in [4.69, 9.17) is 13.9 Å². The highest BCUT2D eigenvalue weighted by Crippen LogP contribution is 2.31. The molecule has 2 aliphatic heterocycles. The molecule has 1 spiro atoms. The van der Waals surface area contributed by atoms with Crippen LogP contribution in [0, 0.1) is 6.92 Å². The number of carbonyl (C=O) groups is 2. The summed E-state index contributed by atoms with van der Waals surface area (Å²) in [5.74, 6) is 0.847. The van der Waals surface area contributed by atoms with Crippen LogP contribution >= 0.6 is 0 Å². The lowest BCUT2D eigenvalue weighted by atomic mass is 9.90. The molecule has 4 aromatic rings. The number of carbonyl (C=O) groups excluding carboxylic acids is 2. The van der Waals surface area contributed by atoms with Crippen molar-refractivity contribution in [2.45, 2.75) is 44.8 Å². The molecule has 3 aromatic carbocycles. The fourth-order valence-electron chi connectivity index (χ4n) is 5.96. The van der Waals surface area contributed by atoms with E-state index in [2.05, 4.69) is 6.07 Å². The lowest BCUT2D eigenvalue weighted by Gasteiger charge is -2.44. The SMILES string of the molecule is Cc1ccc2oc(C(=O)N3CCOC4(CCCCc5ccccc5OCCN(Cc5ccccc5)C4=O)C3)cc2c1. The van der Waals surface area contributed by atoms with E-state index in [1.807, 2.05) is 78.6 Å².